The summed E-state index contributed by atoms with van der Waals surface area (Å²) < 4.78 is 23.6. The molecule has 0 saturated heterocycles. The number of methoxy groups -OCH3 is 1. The number of benzene rings is 2. The molecule has 27 heavy (non-hydrogen) atoms. The maximum absolute atomic E-state index is 13.3. The Hall–Kier alpha value is -3.49. The SMILES string of the molecule is COc1cc(C(=O)O[C@@H](C)C(=O)Nc2ccc(F)c([N+](=O)[O-])c2)ccc1C. The molecular weight excluding hydrogens is 359 g/mol. The van der Waals surface area contributed by atoms with Gasteiger partial charge in [-0.2, -0.15) is 4.39 Å². The second kappa shape index (κ2) is 8.26. The minimum atomic E-state index is -1.19. The van der Waals surface area contributed by atoms with Gasteiger partial charge in [0.15, 0.2) is 6.10 Å². The van der Waals surface area contributed by atoms with Gasteiger partial charge in [-0.3, -0.25) is 14.9 Å². The van der Waals surface area contributed by atoms with Crippen LogP contribution in [0.15, 0.2) is 36.4 Å². The van der Waals surface area contributed by atoms with Crippen LogP contribution in [0.4, 0.5) is 15.8 Å². The largest absolute Gasteiger partial charge is 0.496 e. The third-order valence-electron chi connectivity index (χ3n) is 3.71. The zero-order chi connectivity index (χ0) is 20.1. The number of rotatable bonds is 6. The number of hydrogen-bond donors (Lipinski definition) is 1. The molecule has 2 aromatic rings. The minimum absolute atomic E-state index is 0.00741. The first-order valence-electron chi connectivity index (χ1n) is 7.83. The molecule has 0 bridgehead atoms. The van der Waals surface area contributed by atoms with E-state index in [1.54, 1.807) is 6.07 Å². The quantitative estimate of drug-likeness (QED) is 0.471. The van der Waals surface area contributed by atoms with E-state index in [-0.39, 0.29) is 11.3 Å². The average molecular weight is 376 g/mol. The first-order chi connectivity index (χ1) is 12.7. The molecule has 0 aliphatic heterocycles. The Kier molecular flexibility index (Phi) is 6.07. The van der Waals surface area contributed by atoms with E-state index in [0.717, 1.165) is 17.7 Å². The first kappa shape index (κ1) is 19.8. The Morgan fingerprint density at radius 2 is 1.93 bits per heavy atom. The van der Waals surface area contributed by atoms with Gasteiger partial charge in [-0.25, -0.2) is 4.79 Å². The van der Waals surface area contributed by atoms with Gasteiger partial charge in [0.05, 0.1) is 17.6 Å². The Morgan fingerprint density at radius 1 is 1.22 bits per heavy atom. The molecule has 1 N–H and O–H groups in total. The zero-order valence-electron chi connectivity index (χ0n) is 14.8. The summed E-state index contributed by atoms with van der Waals surface area (Å²) in [6, 6.07) is 7.62. The Labute approximate surface area is 154 Å². The molecule has 8 nitrogen and oxygen atoms in total. The maximum Gasteiger partial charge on any atom is 0.339 e. The summed E-state index contributed by atoms with van der Waals surface area (Å²) in [5.41, 5.74) is 0.268. The fraction of sp³-hybridized carbons (Fsp3) is 0.222. The van der Waals surface area contributed by atoms with Crippen molar-refractivity contribution in [2.45, 2.75) is 20.0 Å². The van der Waals surface area contributed by atoms with Crippen LogP contribution in [0.5, 0.6) is 5.75 Å². The summed E-state index contributed by atoms with van der Waals surface area (Å²) in [6.45, 7) is 3.16. The van der Waals surface area contributed by atoms with Crippen LogP contribution >= 0.6 is 0 Å². The summed E-state index contributed by atoms with van der Waals surface area (Å²) in [6.07, 6.45) is -1.19. The number of amides is 1. The molecule has 0 aliphatic carbocycles. The Balaban J connectivity index is 2.06. The van der Waals surface area contributed by atoms with Crippen LogP contribution in [0.1, 0.15) is 22.8 Å². The van der Waals surface area contributed by atoms with Crippen molar-refractivity contribution in [3.05, 3.63) is 63.5 Å². The van der Waals surface area contributed by atoms with E-state index in [1.807, 2.05) is 6.92 Å². The molecule has 1 amide bonds. The predicted octanol–water partition coefficient (Wildman–Crippen LogP) is 3.23. The maximum atomic E-state index is 13.3. The van der Waals surface area contributed by atoms with E-state index in [1.165, 1.54) is 32.2 Å². The van der Waals surface area contributed by atoms with E-state index in [0.29, 0.717) is 5.75 Å². The van der Waals surface area contributed by atoms with Crippen LogP contribution in [0.2, 0.25) is 0 Å². The highest BCUT2D eigenvalue weighted by Crippen LogP contribution is 2.22. The number of nitrogens with zero attached hydrogens (tertiary/aromatic N) is 1. The third kappa shape index (κ3) is 4.78. The number of esters is 1. The number of hydrogen-bond acceptors (Lipinski definition) is 6. The van der Waals surface area contributed by atoms with Gasteiger partial charge in [0, 0.05) is 11.8 Å². The van der Waals surface area contributed by atoms with Crippen LogP contribution in [-0.2, 0) is 9.53 Å². The van der Waals surface area contributed by atoms with Crippen molar-refractivity contribution in [3.8, 4) is 5.75 Å². The molecule has 1 atom stereocenters. The molecule has 0 heterocycles. The Morgan fingerprint density at radius 3 is 2.56 bits per heavy atom. The normalized spacial score (nSPS) is 11.4. The monoisotopic (exact) mass is 376 g/mol. The lowest BCUT2D eigenvalue weighted by atomic mass is 10.1. The van der Waals surface area contributed by atoms with Crippen molar-refractivity contribution in [1.29, 1.82) is 0 Å². The average Bonchev–Trinajstić information content (AvgIpc) is 2.63. The van der Waals surface area contributed by atoms with E-state index >= 15 is 0 Å². The second-order valence-corrected chi connectivity index (χ2v) is 5.64. The second-order valence-electron chi connectivity index (χ2n) is 5.64. The van der Waals surface area contributed by atoms with Crippen LogP contribution < -0.4 is 10.1 Å². The van der Waals surface area contributed by atoms with Gasteiger partial charge in [0.25, 0.3) is 5.91 Å². The Bertz CT molecular complexity index is 899. The van der Waals surface area contributed by atoms with Crippen molar-refractivity contribution in [2.24, 2.45) is 0 Å². The van der Waals surface area contributed by atoms with Crippen molar-refractivity contribution in [3.63, 3.8) is 0 Å². The van der Waals surface area contributed by atoms with Gasteiger partial charge in [-0.1, -0.05) is 6.07 Å². The molecule has 142 valence electrons. The van der Waals surface area contributed by atoms with Gasteiger partial charge in [0.1, 0.15) is 5.75 Å². The summed E-state index contributed by atoms with van der Waals surface area (Å²) >= 11 is 0. The summed E-state index contributed by atoms with van der Waals surface area (Å²) in [7, 11) is 1.47. The zero-order valence-corrected chi connectivity index (χ0v) is 14.8. The fourth-order valence-electron chi connectivity index (χ4n) is 2.20. The van der Waals surface area contributed by atoms with Crippen LogP contribution in [0.25, 0.3) is 0 Å². The van der Waals surface area contributed by atoms with E-state index in [9.17, 15) is 24.1 Å². The topological polar surface area (TPSA) is 108 Å². The van der Waals surface area contributed by atoms with Gasteiger partial charge < -0.3 is 14.8 Å². The summed E-state index contributed by atoms with van der Waals surface area (Å²) in [4.78, 5) is 34.2. The van der Waals surface area contributed by atoms with E-state index in [2.05, 4.69) is 5.32 Å². The summed E-state index contributed by atoms with van der Waals surface area (Å²) in [5.74, 6) is -1.98. The standard InChI is InChI=1S/C18H17FN2O6/c1-10-4-5-12(8-16(10)26-3)18(23)27-11(2)17(22)20-13-6-7-14(19)15(9-13)21(24)25/h4-9,11H,1-3H3,(H,20,22)/t11-/m0/s1. The van der Waals surface area contributed by atoms with Crippen LogP contribution in [-0.4, -0.2) is 30.0 Å². The number of halogens is 1. The first-order valence-corrected chi connectivity index (χ1v) is 7.83. The molecule has 0 saturated carbocycles. The van der Waals surface area contributed by atoms with Crippen molar-refractivity contribution in [1.82, 2.24) is 0 Å². The van der Waals surface area contributed by atoms with Gasteiger partial charge >= 0.3 is 11.7 Å². The fourth-order valence-corrected chi connectivity index (χ4v) is 2.20. The van der Waals surface area contributed by atoms with Gasteiger partial charge in [-0.05, 0) is 43.7 Å². The van der Waals surface area contributed by atoms with Crippen LogP contribution in [0, 0.1) is 22.9 Å². The van der Waals surface area contributed by atoms with Crippen molar-refractivity contribution in [2.75, 3.05) is 12.4 Å². The number of nitrogens with one attached hydrogen (secondary N) is 1. The predicted molar refractivity (Wildman–Crippen MR) is 94.3 cm³/mol. The van der Waals surface area contributed by atoms with Crippen molar-refractivity contribution >= 4 is 23.3 Å². The number of aryl methyl sites for hydroxylation is 1. The lowest BCUT2D eigenvalue weighted by Crippen LogP contribution is -2.30. The molecule has 2 rings (SSSR count). The number of nitro benzene ring substituents is 1. The lowest BCUT2D eigenvalue weighted by Gasteiger charge is -2.14. The minimum Gasteiger partial charge on any atom is -0.496 e. The molecule has 0 unspecified atom stereocenters. The highest BCUT2D eigenvalue weighted by Gasteiger charge is 2.21. The molecule has 0 radical (unpaired) electrons. The number of ether oxygens (including phenoxy) is 2. The van der Waals surface area contributed by atoms with Crippen molar-refractivity contribution < 1.29 is 28.4 Å². The van der Waals surface area contributed by atoms with Crippen LogP contribution in [0.3, 0.4) is 0 Å². The number of anilines is 1. The molecule has 0 aliphatic rings. The third-order valence-corrected chi connectivity index (χ3v) is 3.71. The molecule has 9 heteroatoms. The molecule has 0 aromatic heterocycles. The van der Waals surface area contributed by atoms with Gasteiger partial charge in [0.2, 0.25) is 5.82 Å². The highest BCUT2D eigenvalue weighted by molar-refractivity contribution is 5.97. The summed E-state index contributed by atoms with van der Waals surface area (Å²) in [5, 5.41) is 13.1. The van der Waals surface area contributed by atoms with E-state index in [4.69, 9.17) is 9.47 Å². The number of carbonyl (C=O) groups excluding carboxylic acids is 2. The molecule has 0 spiro atoms. The number of nitro groups is 1. The number of carbonyl (C=O) groups is 2. The molecular formula is C18H17FN2O6. The van der Waals surface area contributed by atoms with Gasteiger partial charge in [-0.15, -0.1) is 0 Å². The lowest BCUT2D eigenvalue weighted by molar-refractivity contribution is -0.387. The highest BCUT2D eigenvalue weighted by atomic mass is 19.1. The smallest absolute Gasteiger partial charge is 0.339 e. The van der Waals surface area contributed by atoms with E-state index < -0.39 is 34.4 Å². The molecule has 2 aromatic carbocycles. The molecule has 0 fully saturated rings.